The van der Waals surface area contributed by atoms with Crippen LogP contribution in [-0.4, -0.2) is 36.6 Å². The van der Waals surface area contributed by atoms with Crippen molar-refractivity contribution in [1.82, 2.24) is 15.2 Å². The lowest BCUT2D eigenvalue weighted by molar-refractivity contribution is 0.177. The first-order valence-corrected chi connectivity index (χ1v) is 7.98. The van der Waals surface area contributed by atoms with Crippen LogP contribution in [0.15, 0.2) is 30.3 Å². The Labute approximate surface area is 127 Å². The van der Waals surface area contributed by atoms with Crippen LogP contribution >= 0.6 is 0 Å². The first-order valence-electron chi connectivity index (χ1n) is 7.98. The largest absolute Gasteiger partial charge is 0.319 e. The molecule has 1 saturated heterocycles. The summed E-state index contributed by atoms with van der Waals surface area (Å²) in [5, 5.41) is 4.55. The molecular formula is C18H25N3. The van der Waals surface area contributed by atoms with Crippen molar-refractivity contribution < 1.29 is 0 Å². The highest BCUT2D eigenvalue weighted by Gasteiger charge is 2.18. The van der Waals surface area contributed by atoms with E-state index in [9.17, 15) is 0 Å². The summed E-state index contributed by atoms with van der Waals surface area (Å²) in [6.07, 6.45) is 2.63. The number of nitrogens with zero attached hydrogens (tertiary/aromatic N) is 2. The summed E-state index contributed by atoms with van der Waals surface area (Å²) in [7, 11) is 2.05. The summed E-state index contributed by atoms with van der Waals surface area (Å²) >= 11 is 0. The molecule has 0 atom stereocenters. The molecule has 1 aromatic heterocycles. The van der Waals surface area contributed by atoms with Crippen molar-refractivity contribution in [2.24, 2.45) is 5.92 Å². The smallest absolute Gasteiger partial charge is 0.0705 e. The van der Waals surface area contributed by atoms with Crippen molar-refractivity contribution in [3.8, 4) is 0 Å². The van der Waals surface area contributed by atoms with Gasteiger partial charge in [0.15, 0.2) is 0 Å². The predicted octanol–water partition coefficient (Wildman–Crippen LogP) is 2.97. The number of benzene rings is 1. The van der Waals surface area contributed by atoms with Gasteiger partial charge in [-0.25, -0.2) is 0 Å². The van der Waals surface area contributed by atoms with Crippen LogP contribution in [0.4, 0.5) is 0 Å². The van der Waals surface area contributed by atoms with Gasteiger partial charge in [0.05, 0.1) is 5.52 Å². The van der Waals surface area contributed by atoms with E-state index < -0.39 is 0 Å². The number of aryl methyl sites for hydroxylation is 1. The summed E-state index contributed by atoms with van der Waals surface area (Å²) < 4.78 is 0. The fourth-order valence-corrected chi connectivity index (χ4v) is 3.27. The number of rotatable bonds is 4. The molecule has 1 fully saturated rings. The zero-order valence-electron chi connectivity index (χ0n) is 13.1. The molecule has 0 bridgehead atoms. The molecule has 0 saturated carbocycles. The van der Waals surface area contributed by atoms with E-state index in [2.05, 4.69) is 52.6 Å². The predicted molar refractivity (Wildman–Crippen MR) is 88.4 cm³/mol. The minimum atomic E-state index is 0.857. The summed E-state index contributed by atoms with van der Waals surface area (Å²) in [4.78, 5) is 7.15. The van der Waals surface area contributed by atoms with Gasteiger partial charge in [0.25, 0.3) is 0 Å². The number of likely N-dealkylation sites (tertiary alicyclic amines) is 1. The van der Waals surface area contributed by atoms with Crippen molar-refractivity contribution in [1.29, 1.82) is 0 Å². The third kappa shape index (κ3) is 3.60. The van der Waals surface area contributed by atoms with Gasteiger partial charge in [-0.3, -0.25) is 9.88 Å². The van der Waals surface area contributed by atoms with E-state index in [-0.39, 0.29) is 0 Å². The van der Waals surface area contributed by atoms with Gasteiger partial charge >= 0.3 is 0 Å². The second kappa shape index (κ2) is 6.54. The number of aromatic nitrogens is 1. The Morgan fingerprint density at radius 1 is 1.19 bits per heavy atom. The molecule has 112 valence electrons. The molecule has 0 unspecified atom stereocenters. The molecule has 1 N–H and O–H groups in total. The minimum Gasteiger partial charge on any atom is -0.319 e. The lowest BCUT2D eigenvalue weighted by atomic mass is 9.96. The van der Waals surface area contributed by atoms with Crippen LogP contribution in [0.1, 0.15) is 24.1 Å². The minimum absolute atomic E-state index is 0.857. The van der Waals surface area contributed by atoms with E-state index in [0.29, 0.717) is 0 Å². The highest BCUT2D eigenvalue weighted by atomic mass is 15.1. The average Bonchev–Trinajstić information content (AvgIpc) is 2.50. The molecular weight excluding hydrogens is 258 g/mol. The Kier molecular flexibility index (Phi) is 4.51. The van der Waals surface area contributed by atoms with E-state index in [1.54, 1.807) is 0 Å². The van der Waals surface area contributed by atoms with Crippen LogP contribution in [0.5, 0.6) is 0 Å². The molecule has 3 nitrogen and oxygen atoms in total. The molecule has 0 aliphatic carbocycles. The highest BCUT2D eigenvalue weighted by molar-refractivity contribution is 5.79. The van der Waals surface area contributed by atoms with Crippen LogP contribution in [0.25, 0.3) is 10.9 Å². The van der Waals surface area contributed by atoms with Gasteiger partial charge in [-0.05, 0) is 76.1 Å². The normalized spacial score (nSPS) is 17.4. The molecule has 2 heterocycles. The lowest BCUT2D eigenvalue weighted by Gasteiger charge is -2.31. The number of hydrogen-bond donors (Lipinski definition) is 1. The molecule has 0 spiro atoms. The molecule has 3 heteroatoms. The van der Waals surface area contributed by atoms with Crippen LogP contribution in [-0.2, 0) is 6.54 Å². The molecule has 21 heavy (non-hydrogen) atoms. The zero-order valence-corrected chi connectivity index (χ0v) is 13.1. The molecule has 3 rings (SSSR count). The maximum atomic E-state index is 4.57. The lowest BCUT2D eigenvalue weighted by Crippen LogP contribution is -2.36. The molecule has 1 aliphatic heterocycles. The quantitative estimate of drug-likeness (QED) is 0.935. The number of hydrogen-bond acceptors (Lipinski definition) is 3. The monoisotopic (exact) mass is 283 g/mol. The summed E-state index contributed by atoms with van der Waals surface area (Å²) in [6, 6.07) is 11.0. The third-order valence-electron chi connectivity index (χ3n) is 4.50. The highest BCUT2D eigenvalue weighted by Crippen LogP contribution is 2.20. The van der Waals surface area contributed by atoms with Crippen LogP contribution in [0, 0.1) is 12.8 Å². The van der Waals surface area contributed by atoms with Crippen molar-refractivity contribution in [2.45, 2.75) is 26.3 Å². The second-order valence-electron chi connectivity index (χ2n) is 6.26. The van der Waals surface area contributed by atoms with Gasteiger partial charge in [-0.15, -0.1) is 0 Å². The standard InChI is InChI=1S/C18H25N3/c1-14-3-5-17-11-16(4-6-18(17)20-14)13-21-9-7-15(8-10-21)12-19-2/h3-6,11,15,19H,7-10,12-13H2,1-2H3. The van der Waals surface area contributed by atoms with Gasteiger partial charge in [-0.1, -0.05) is 12.1 Å². The first-order chi connectivity index (χ1) is 10.2. The first kappa shape index (κ1) is 14.5. The van der Waals surface area contributed by atoms with Crippen molar-refractivity contribution in [3.05, 3.63) is 41.6 Å². The molecule has 2 aromatic rings. The molecule has 1 aliphatic rings. The number of fused-ring (bicyclic) bond motifs is 1. The van der Waals surface area contributed by atoms with Gasteiger partial charge in [0.2, 0.25) is 0 Å². The summed E-state index contributed by atoms with van der Waals surface area (Å²) in [5.74, 6) is 0.857. The van der Waals surface area contributed by atoms with Gasteiger partial charge < -0.3 is 5.32 Å². The Hall–Kier alpha value is -1.45. The topological polar surface area (TPSA) is 28.2 Å². The Morgan fingerprint density at radius 2 is 2.00 bits per heavy atom. The van der Waals surface area contributed by atoms with Gasteiger partial charge in [-0.2, -0.15) is 0 Å². The van der Waals surface area contributed by atoms with E-state index in [0.717, 1.165) is 30.2 Å². The van der Waals surface area contributed by atoms with Gasteiger partial charge in [0, 0.05) is 17.6 Å². The Bertz CT molecular complexity index is 600. The second-order valence-corrected chi connectivity index (χ2v) is 6.26. The van der Waals surface area contributed by atoms with E-state index >= 15 is 0 Å². The third-order valence-corrected chi connectivity index (χ3v) is 4.50. The van der Waals surface area contributed by atoms with Crippen LogP contribution in [0.3, 0.4) is 0 Å². The number of piperidine rings is 1. The fraction of sp³-hybridized carbons (Fsp3) is 0.500. The van der Waals surface area contributed by atoms with Crippen LogP contribution in [0.2, 0.25) is 0 Å². The maximum Gasteiger partial charge on any atom is 0.0705 e. The van der Waals surface area contributed by atoms with Crippen molar-refractivity contribution in [2.75, 3.05) is 26.7 Å². The SMILES string of the molecule is CNCC1CCN(Cc2ccc3nc(C)ccc3c2)CC1. The summed E-state index contributed by atoms with van der Waals surface area (Å²) in [5.41, 5.74) is 3.59. The average molecular weight is 283 g/mol. The summed E-state index contributed by atoms with van der Waals surface area (Å²) in [6.45, 7) is 6.71. The maximum absolute atomic E-state index is 4.57. The van der Waals surface area contributed by atoms with Crippen molar-refractivity contribution >= 4 is 10.9 Å². The van der Waals surface area contributed by atoms with Crippen LogP contribution < -0.4 is 5.32 Å². The number of nitrogens with one attached hydrogen (secondary N) is 1. The zero-order chi connectivity index (χ0) is 14.7. The molecule has 0 amide bonds. The fourth-order valence-electron chi connectivity index (χ4n) is 3.27. The van der Waals surface area contributed by atoms with E-state index in [1.807, 2.05) is 6.92 Å². The van der Waals surface area contributed by atoms with Gasteiger partial charge in [0.1, 0.15) is 0 Å². The van der Waals surface area contributed by atoms with Crippen molar-refractivity contribution in [3.63, 3.8) is 0 Å². The Morgan fingerprint density at radius 3 is 2.76 bits per heavy atom. The Balaban J connectivity index is 1.64. The molecule has 1 aromatic carbocycles. The molecule has 0 radical (unpaired) electrons. The number of pyridine rings is 1. The van der Waals surface area contributed by atoms with E-state index in [1.165, 1.54) is 36.9 Å². The van der Waals surface area contributed by atoms with E-state index in [4.69, 9.17) is 0 Å².